The molecule has 1 aromatic carbocycles. The van der Waals surface area contributed by atoms with Gasteiger partial charge in [0, 0.05) is 10.3 Å². The van der Waals surface area contributed by atoms with Crippen LogP contribution in [0, 0.1) is 5.82 Å². The summed E-state index contributed by atoms with van der Waals surface area (Å²) in [5.74, 6) is -0.628. The van der Waals surface area contributed by atoms with Gasteiger partial charge in [-0.25, -0.2) is 9.18 Å². The minimum absolute atomic E-state index is 0.139. The van der Waals surface area contributed by atoms with Gasteiger partial charge in [-0.05, 0) is 17.7 Å². The Morgan fingerprint density at radius 2 is 2.27 bits per heavy atom. The van der Waals surface area contributed by atoms with Gasteiger partial charge in [-0.15, -0.1) is 0 Å². The molecule has 0 spiro atoms. The Morgan fingerprint density at radius 1 is 1.47 bits per heavy atom. The molecular weight excluding hydrogens is 201 g/mol. The summed E-state index contributed by atoms with van der Waals surface area (Å²) in [4.78, 5) is 13.6. The Hall–Kier alpha value is -2.33. The molecule has 0 fully saturated rings. The fourth-order valence-electron chi connectivity index (χ4n) is 1.22. The molecule has 0 aliphatic carbocycles. The molecule has 0 amide bonds. The molecule has 0 aliphatic heterocycles. The van der Waals surface area contributed by atoms with Crippen molar-refractivity contribution in [2.24, 2.45) is 5.11 Å². The van der Waals surface area contributed by atoms with Crippen molar-refractivity contribution in [3.63, 3.8) is 0 Å². The first-order chi connectivity index (χ1) is 7.22. The molecular formula is C9H4FN3O2. The van der Waals surface area contributed by atoms with Gasteiger partial charge in [-0.2, -0.15) is 0 Å². The predicted octanol–water partition coefficient (Wildman–Crippen LogP) is 2.87. The number of halogens is 1. The van der Waals surface area contributed by atoms with Crippen molar-refractivity contribution in [2.45, 2.75) is 0 Å². The lowest BCUT2D eigenvalue weighted by atomic mass is 10.2. The van der Waals surface area contributed by atoms with Crippen LogP contribution in [-0.2, 0) is 0 Å². The summed E-state index contributed by atoms with van der Waals surface area (Å²) in [6.07, 6.45) is 0. The molecule has 15 heavy (non-hydrogen) atoms. The van der Waals surface area contributed by atoms with E-state index in [1.807, 2.05) is 0 Å². The van der Waals surface area contributed by atoms with Crippen molar-refractivity contribution < 1.29 is 8.81 Å². The number of fused-ring (bicyclic) bond motifs is 1. The van der Waals surface area contributed by atoms with Gasteiger partial charge in [0.1, 0.15) is 5.69 Å². The lowest BCUT2D eigenvalue weighted by Crippen LogP contribution is -1.97. The molecule has 0 atom stereocenters. The van der Waals surface area contributed by atoms with E-state index < -0.39 is 11.4 Å². The van der Waals surface area contributed by atoms with Crippen molar-refractivity contribution in [1.82, 2.24) is 0 Å². The highest BCUT2D eigenvalue weighted by atomic mass is 19.1. The van der Waals surface area contributed by atoms with Crippen LogP contribution in [0.3, 0.4) is 0 Å². The van der Waals surface area contributed by atoms with Gasteiger partial charge in [-0.1, -0.05) is 17.2 Å². The molecule has 5 nitrogen and oxygen atoms in total. The van der Waals surface area contributed by atoms with Crippen molar-refractivity contribution in [2.75, 3.05) is 0 Å². The van der Waals surface area contributed by atoms with Gasteiger partial charge < -0.3 is 4.42 Å². The van der Waals surface area contributed by atoms with Crippen LogP contribution in [-0.4, -0.2) is 0 Å². The zero-order valence-electron chi connectivity index (χ0n) is 7.35. The van der Waals surface area contributed by atoms with Crippen LogP contribution in [0.25, 0.3) is 21.4 Å². The smallest absolute Gasteiger partial charge is 0.346 e. The van der Waals surface area contributed by atoms with Crippen LogP contribution in [0.2, 0.25) is 0 Å². The van der Waals surface area contributed by atoms with Crippen LogP contribution >= 0.6 is 0 Å². The summed E-state index contributed by atoms with van der Waals surface area (Å²) in [5, 5.41) is 3.51. The third-order valence-corrected chi connectivity index (χ3v) is 1.85. The van der Waals surface area contributed by atoms with Gasteiger partial charge >= 0.3 is 5.63 Å². The Balaban J connectivity index is 2.88. The lowest BCUT2D eigenvalue weighted by molar-refractivity contribution is 0.525. The molecule has 0 unspecified atom stereocenters. The minimum Gasteiger partial charge on any atom is -0.419 e. The van der Waals surface area contributed by atoms with Crippen LogP contribution in [0.1, 0.15) is 0 Å². The maximum Gasteiger partial charge on any atom is 0.346 e. The third kappa shape index (κ3) is 1.53. The Bertz CT molecular complexity index is 629. The van der Waals surface area contributed by atoms with Crippen molar-refractivity contribution >= 4 is 16.7 Å². The van der Waals surface area contributed by atoms with Crippen LogP contribution in [0.4, 0.5) is 10.1 Å². The highest BCUT2D eigenvalue weighted by molar-refractivity contribution is 5.79. The standard InChI is InChI=1S/C9H4FN3O2/c10-6-3-1-2-5-4-7(12-13-11)9(14)15-8(5)6/h1-4H. The molecule has 2 aromatic rings. The summed E-state index contributed by atoms with van der Waals surface area (Å²) in [7, 11) is 0. The summed E-state index contributed by atoms with van der Waals surface area (Å²) >= 11 is 0. The van der Waals surface area contributed by atoms with E-state index >= 15 is 0 Å². The van der Waals surface area contributed by atoms with Crippen LogP contribution < -0.4 is 5.63 Å². The Kier molecular flexibility index (Phi) is 2.11. The predicted molar refractivity (Wildman–Crippen MR) is 51.2 cm³/mol. The molecule has 0 saturated carbocycles. The summed E-state index contributed by atoms with van der Waals surface area (Å²) in [5.41, 5.74) is 6.99. The normalized spacial score (nSPS) is 9.93. The van der Waals surface area contributed by atoms with E-state index in [1.165, 1.54) is 18.2 Å². The maximum absolute atomic E-state index is 13.1. The number of hydrogen-bond acceptors (Lipinski definition) is 3. The third-order valence-electron chi connectivity index (χ3n) is 1.85. The van der Waals surface area contributed by atoms with Gasteiger partial charge in [0.15, 0.2) is 11.4 Å². The monoisotopic (exact) mass is 205 g/mol. The fourth-order valence-corrected chi connectivity index (χ4v) is 1.22. The number of hydrogen-bond donors (Lipinski definition) is 0. The minimum atomic E-state index is -0.856. The van der Waals surface area contributed by atoms with E-state index in [0.717, 1.165) is 0 Å². The highest BCUT2D eigenvalue weighted by Crippen LogP contribution is 2.19. The summed E-state index contributed by atoms with van der Waals surface area (Å²) in [6.45, 7) is 0. The average Bonchev–Trinajstić information content (AvgIpc) is 2.21. The van der Waals surface area contributed by atoms with Crippen LogP contribution in [0.5, 0.6) is 0 Å². The second kappa shape index (κ2) is 3.43. The molecule has 0 bridgehead atoms. The van der Waals surface area contributed by atoms with Crippen molar-refractivity contribution in [3.05, 3.63) is 50.9 Å². The molecule has 74 valence electrons. The molecule has 0 N–H and O–H groups in total. The second-order valence-corrected chi connectivity index (χ2v) is 2.77. The van der Waals surface area contributed by atoms with E-state index in [2.05, 4.69) is 14.4 Å². The molecule has 1 aromatic heterocycles. The SMILES string of the molecule is [N-]=[N+]=Nc1cc2cccc(F)c2oc1=O. The molecule has 0 aliphatic rings. The van der Waals surface area contributed by atoms with E-state index in [0.29, 0.717) is 5.39 Å². The number of nitrogens with zero attached hydrogens (tertiary/aromatic N) is 3. The summed E-state index contributed by atoms with van der Waals surface area (Å²) in [6, 6.07) is 5.48. The molecule has 6 heteroatoms. The molecule has 0 saturated heterocycles. The first-order valence-corrected chi connectivity index (χ1v) is 4.00. The Morgan fingerprint density at radius 3 is 3.00 bits per heavy atom. The topological polar surface area (TPSA) is 79.0 Å². The first kappa shape index (κ1) is 9.23. The molecule has 2 rings (SSSR count). The van der Waals surface area contributed by atoms with E-state index in [1.54, 1.807) is 6.07 Å². The quantitative estimate of drug-likeness (QED) is 0.310. The Labute approximate surface area is 82.4 Å². The van der Waals surface area contributed by atoms with E-state index in [9.17, 15) is 9.18 Å². The highest BCUT2D eigenvalue weighted by Gasteiger charge is 2.06. The lowest BCUT2D eigenvalue weighted by Gasteiger charge is -1.97. The number of rotatable bonds is 1. The maximum atomic E-state index is 13.1. The molecule has 0 radical (unpaired) electrons. The average molecular weight is 205 g/mol. The molecule has 1 heterocycles. The number of azide groups is 1. The largest absolute Gasteiger partial charge is 0.419 e. The fraction of sp³-hybridized carbons (Fsp3) is 0. The van der Waals surface area contributed by atoms with Gasteiger partial charge in [-0.3, -0.25) is 0 Å². The zero-order chi connectivity index (χ0) is 10.8. The van der Waals surface area contributed by atoms with Gasteiger partial charge in [0.05, 0.1) is 0 Å². The van der Waals surface area contributed by atoms with Crippen LogP contribution in [0.15, 0.2) is 38.6 Å². The van der Waals surface area contributed by atoms with Gasteiger partial charge in [0.2, 0.25) is 0 Å². The van der Waals surface area contributed by atoms with Crippen molar-refractivity contribution in [1.29, 1.82) is 0 Å². The first-order valence-electron chi connectivity index (χ1n) is 4.00. The van der Waals surface area contributed by atoms with Crippen molar-refractivity contribution in [3.8, 4) is 0 Å². The summed E-state index contributed by atoms with van der Waals surface area (Å²) < 4.78 is 17.8. The number of benzene rings is 1. The van der Waals surface area contributed by atoms with Gasteiger partial charge in [0.25, 0.3) is 0 Å². The van der Waals surface area contributed by atoms with E-state index in [4.69, 9.17) is 5.53 Å². The van der Waals surface area contributed by atoms with E-state index in [-0.39, 0.29) is 11.3 Å². The zero-order valence-corrected chi connectivity index (χ0v) is 7.35. The number of para-hydroxylation sites is 1. The second-order valence-electron chi connectivity index (χ2n) is 2.77.